The molecule has 182 valence electrons. The zero-order chi connectivity index (χ0) is 25.0. The van der Waals surface area contributed by atoms with Crippen molar-refractivity contribution in [1.82, 2.24) is 16.0 Å². The molecule has 0 bridgehead atoms. The lowest BCUT2D eigenvalue weighted by atomic mass is 10.0. The number of hydrogen-bond donors (Lipinski definition) is 8. The summed E-state index contributed by atoms with van der Waals surface area (Å²) in [5.41, 5.74) is 6.17. The van der Waals surface area contributed by atoms with E-state index in [0.29, 0.717) is 5.56 Å². The van der Waals surface area contributed by atoms with E-state index in [4.69, 9.17) is 21.1 Å². The molecule has 1 aromatic rings. The Balaban J connectivity index is 3.07. The van der Waals surface area contributed by atoms with Crippen molar-refractivity contribution in [2.75, 3.05) is 12.4 Å². The predicted octanol–water partition coefficient (Wildman–Crippen LogP) is -2.12. The molecule has 0 aromatic heterocycles. The minimum absolute atomic E-state index is 0.0121. The number of aliphatic hydroxyl groups excluding tert-OH is 1. The van der Waals surface area contributed by atoms with Crippen LogP contribution in [0, 0.1) is 0 Å². The third kappa shape index (κ3) is 9.89. The molecule has 33 heavy (non-hydrogen) atoms. The molecule has 0 saturated carbocycles. The molecule has 0 aliphatic rings. The summed E-state index contributed by atoms with van der Waals surface area (Å²) in [5.74, 6) is -5.35. The van der Waals surface area contributed by atoms with Crippen molar-refractivity contribution in [3.8, 4) is 0 Å². The molecule has 0 aliphatic heterocycles. The van der Waals surface area contributed by atoms with E-state index in [0.717, 1.165) is 0 Å². The van der Waals surface area contributed by atoms with Gasteiger partial charge in [-0.25, -0.2) is 4.79 Å². The van der Waals surface area contributed by atoms with Gasteiger partial charge in [0.2, 0.25) is 17.7 Å². The number of hydrogen-bond acceptors (Lipinski definition) is 8. The second-order valence-corrected chi connectivity index (χ2v) is 7.48. The van der Waals surface area contributed by atoms with Crippen molar-refractivity contribution < 1.29 is 39.3 Å². The zero-order valence-electron chi connectivity index (χ0n) is 17.6. The second-order valence-electron chi connectivity index (χ2n) is 7.12. The summed E-state index contributed by atoms with van der Waals surface area (Å²) >= 11 is 3.85. The molecule has 0 spiro atoms. The summed E-state index contributed by atoms with van der Waals surface area (Å²) in [6.07, 6.45) is -0.797. The summed E-state index contributed by atoms with van der Waals surface area (Å²) in [5, 5.41) is 34.1. The summed E-state index contributed by atoms with van der Waals surface area (Å²) < 4.78 is 0. The van der Waals surface area contributed by atoms with E-state index < -0.39 is 66.9 Å². The van der Waals surface area contributed by atoms with Gasteiger partial charge in [0.25, 0.3) is 0 Å². The zero-order valence-corrected chi connectivity index (χ0v) is 18.5. The Bertz CT molecular complexity index is 839. The molecule has 1 rings (SSSR count). The van der Waals surface area contributed by atoms with Gasteiger partial charge in [-0.2, -0.15) is 12.6 Å². The number of benzene rings is 1. The molecule has 4 atom stereocenters. The predicted molar refractivity (Wildman–Crippen MR) is 119 cm³/mol. The van der Waals surface area contributed by atoms with Gasteiger partial charge in [-0.3, -0.25) is 19.2 Å². The minimum Gasteiger partial charge on any atom is -0.481 e. The molecular weight excluding hydrogens is 456 g/mol. The van der Waals surface area contributed by atoms with Crippen molar-refractivity contribution in [1.29, 1.82) is 0 Å². The van der Waals surface area contributed by atoms with E-state index in [9.17, 15) is 24.0 Å². The van der Waals surface area contributed by atoms with Crippen LogP contribution in [0.3, 0.4) is 0 Å². The van der Waals surface area contributed by atoms with E-state index in [1.54, 1.807) is 30.3 Å². The standard InChI is InChI=1S/C20H28N4O8S/c21-12(9-25)17(28)23-14(8-11-4-2-1-3-5-11)19(30)22-13(6-7-16(26)27)18(29)24-15(10-33)20(31)32/h1-5,12-15,25,33H,6-10,21H2,(H,22,30)(H,23,28)(H,24,29)(H,26,27)(H,31,32). The second kappa shape index (κ2) is 14.1. The molecule has 4 unspecified atom stereocenters. The van der Waals surface area contributed by atoms with Gasteiger partial charge in [-0.15, -0.1) is 0 Å². The fourth-order valence-corrected chi connectivity index (χ4v) is 2.93. The number of aliphatic carboxylic acids is 2. The Hall–Kier alpha value is -3.16. The number of aliphatic hydroxyl groups is 1. The lowest BCUT2D eigenvalue weighted by Crippen LogP contribution is -2.58. The highest BCUT2D eigenvalue weighted by molar-refractivity contribution is 7.80. The van der Waals surface area contributed by atoms with Crippen molar-refractivity contribution in [2.45, 2.75) is 43.4 Å². The van der Waals surface area contributed by atoms with Crippen LogP contribution in [0.5, 0.6) is 0 Å². The highest BCUT2D eigenvalue weighted by Gasteiger charge is 2.30. The van der Waals surface area contributed by atoms with Gasteiger partial charge in [0.15, 0.2) is 0 Å². The normalized spacial score (nSPS) is 14.3. The Morgan fingerprint density at radius 1 is 0.879 bits per heavy atom. The first kappa shape index (κ1) is 27.9. The Morgan fingerprint density at radius 2 is 1.42 bits per heavy atom. The van der Waals surface area contributed by atoms with Crippen molar-refractivity contribution in [2.24, 2.45) is 5.73 Å². The first-order valence-corrected chi connectivity index (χ1v) is 10.6. The molecule has 0 saturated heterocycles. The Kier molecular flexibility index (Phi) is 11.9. The summed E-state index contributed by atoms with van der Waals surface area (Å²) in [6, 6.07) is 3.37. The fraction of sp³-hybridized carbons (Fsp3) is 0.450. The maximum absolute atomic E-state index is 13.0. The number of carboxylic acids is 2. The van der Waals surface area contributed by atoms with E-state index in [2.05, 4.69) is 28.6 Å². The third-order valence-electron chi connectivity index (χ3n) is 4.53. The van der Waals surface area contributed by atoms with Crippen molar-refractivity contribution >= 4 is 42.3 Å². The van der Waals surface area contributed by atoms with Crippen LogP contribution in [0.25, 0.3) is 0 Å². The molecule has 8 N–H and O–H groups in total. The van der Waals surface area contributed by atoms with E-state index in [1.165, 1.54) is 0 Å². The summed E-state index contributed by atoms with van der Waals surface area (Å²) in [4.78, 5) is 59.8. The highest BCUT2D eigenvalue weighted by atomic mass is 32.1. The van der Waals surface area contributed by atoms with Gasteiger partial charge in [0, 0.05) is 18.6 Å². The minimum atomic E-state index is -1.39. The average molecular weight is 485 g/mol. The molecular formula is C20H28N4O8S. The molecule has 3 amide bonds. The first-order chi connectivity index (χ1) is 15.6. The van der Waals surface area contributed by atoms with Gasteiger partial charge in [-0.1, -0.05) is 30.3 Å². The van der Waals surface area contributed by atoms with Crippen LogP contribution in [-0.4, -0.2) is 81.5 Å². The van der Waals surface area contributed by atoms with Crippen LogP contribution >= 0.6 is 12.6 Å². The Labute approximate surface area is 195 Å². The molecule has 0 heterocycles. The smallest absolute Gasteiger partial charge is 0.327 e. The number of thiol groups is 1. The van der Waals surface area contributed by atoms with Crippen molar-refractivity contribution in [3.05, 3.63) is 35.9 Å². The van der Waals surface area contributed by atoms with Gasteiger partial charge in [0.1, 0.15) is 24.2 Å². The van der Waals surface area contributed by atoms with E-state index in [1.807, 2.05) is 0 Å². The molecule has 13 heteroatoms. The largest absolute Gasteiger partial charge is 0.481 e. The summed E-state index contributed by atoms with van der Waals surface area (Å²) in [6.45, 7) is -0.657. The SMILES string of the molecule is NC(CO)C(=O)NC(Cc1ccccc1)C(=O)NC(CCC(=O)O)C(=O)NC(CS)C(=O)O. The third-order valence-corrected chi connectivity index (χ3v) is 4.89. The average Bonchev–Trinajstić information content (AvgIpc) is 2.78. The highest BCUT2D eigenvalue weighted by Crippen LogP contribution is 2.06. The quantitative estimate of drug-likeness (QED) is 0.136. The maximum Gasteiger partial charge on any atom is 0.327 e. The number of amides is 3. The lowest BCUT2D eigenvalue weighted by Gasteiger charge is -2.24. The number of rotatable bonds is 14. The number of carbonyl (C=O) groups excluding carboxylic acids is 3. The molecule has 12 nitrogen and oxygen atoms in total. The van der Waals surface area contributed by atoms with Crippen LogP contribution in [0.4, 0.5) is 0 Å². The van der Waals surface area contributed by atoms with E-state index >= 15 is 0 Å². The van der Waals surface area contributed by atoms with Gasteiger partial charge >= 0.3 is 11.9 Å². The van der Waals surface area contributed by atoms with Crippen LogP contribution in [0.2, 0.25) is 0 Å². The maximum atomic E-state index is 13.0. The van der Waals surface area contributed by atoms with Gasteiger partial charge < -0.3 is 37.0 Å². The van der Waals surface area contributed by atoms with Gasteiger partial charge in [-0.05, 0) is 12.0 Å². The van der Waals surface area contributed by atoms with Crippen LogP contribution < -0.4 is 21.7 Å². The lowest BCUT2D eigenvalue weighted by molar-refractivity contribution is -0.142. The topological polar surface area (TPSA) is 208 Å². The number of nitrogens with two attached hydrogens (primary N) is 1. The number of carbonyl (C=O) groups is 5. The number of carboxylic acid groups (broad SMARTS) is 2. The monoisotopic (exact) mass is 484 g/mol. The summed E-state index contributed by atoms with van der Waals surface area (Å²) in [7, 11) is 0. The molecule has 0 radical (unpaired) electrons. The van der Waals surface area contributed by atoms with E-state index in [-0.39, 0.29) is 18.6 Å². The van der Waals surface area contributed by atoms with Crippen LogP contribution in [0.15, 0.2) is 30.3 Å². The number of nitrogens with one attached hydrogen (secondary N) is 3. The molecule has 0 aliphatic carbocycles. The van der Waals surface area contributed by atoms with Crippen LogP contribution in [-0.2, 0) is 30.4 Å². The fourth-order valence-electron chi connectivity index (χ4n) is 2.69. The molecule has 0 fully saturated rings. The van der Waals surface area contributed by atoms with Crippen LogP contribution in [0.1, 0.15) is 18.4 Å². The first-order valence-electron chi connectivity index (χ1n) is 9.96. The van der Waals surface area contributed by atoms with Gasteiger partial charge in [0.05, 0.1) is 6.61 Å². The van der Waals surface area contributed by atoms with Crippen molar-refractivity contribution in [3.63, 3.8) is 0 Å². The molecule has 1 aromatic carbocycles. The Morgan fingerprint density at radius 3 is 1.94 bits per heavy atom.